The third-order valence-corrected chi connectivity index (χ3v) is 7.46. The number of carbonyl (C=O) groups excluding carboxylic acids is 1. The number of nitrogens with zero attached hydrogens (tertiary/aromatic N) is 3. The van der Waals surface area contributed by atoms with Crippen LogP contribution in [0, 0.1) is 0 Å². The third kappa shape index (κ3) is 4.55. The molecule has 0 spiro atoms. The maximum absolute atomic E-state index is 13.5. The molecule has 8 heteroatoms. The summed E-state index contributed by atoms with van der Waals surface area (Å²) in [4.78, 5) is 34.8. The topological polar surface area (TPSA) is 68.3 Å². The van der Waals surface area contributed by atoms with Crippen molar-refractivity contribution in [3.05, 3.63) is 70.3 Å². The predicted molar refractivity (Wildman–Crippen MR) is 126 cm³/mol. The summed E-state index contributed by atoms with van der Waals surface area (Å²) in [5, 5.41) is 1.28. The van der Waals surface area contributed by atoms with Crippen molar-refractivity contribution in [2.45, 2.75) is 37.4 Å². The van der Waals surface area contributed by atoms with Gasteiger partial charge in [0, 0.05) is 18.0 Å². The lowest BCUT2D eigenvalue weighted by molar-refractivity contribution is -0.127. The molecule has 3 aromatic rings. The number of thioether (sulfide) groups is 1. The van der Waals surface area contributed by atoms with Crippen LogP contribution in [0.4, 0.5) is 0 Å². The molecule has 0 fully saturated rings. The standard InChI is InChI=1S/C23H25N3O3S2/c1-3-11-25(12-4-2)19(27)15-30-23-24-21-20(17-9-5-6-10-18(17)31-21)22(28)26(23)14-16-8-7-13-29-16/h3-4,7-8,13H,1-2,5-6,9-12,14-15H2. The molecule has 0 unspecified atom stereocenters. The SMILES string of the molecule is C=CCN(CC=C)C(=O)CSc1nc2sc3c(c2c(=O)n1Cc1ccco1)CCCC3. The highest BCUT2D eigenvalue weighted by molar-refractivity contribution is 7.99. The van der Waals surface area contributed by atoms with E-state index in [2.05, 4.69) is 13.2 Å². The number of rotatable bonds is 9. The highest BCUT2D eigenvalue weighted by Crippen LogP contribution is 2.34. The number of fused-ring (bicyclic) bond motifs is 3. The van der Waals surface area contributed by atoms with Gasteiger partial charge in [0.05, 0.1) is 23.9 Å². The van der Waals surface area contributed by atoms with Gasteiger partial charge in [-0.25, -0.2) is 4.98 Å². The number of hydrogen-bond donors (Lipinski definition) is 0. The zero-order valence-corrected chi connectivity index (χ0v) is 19.0. The third-order valence-electron chi connectivity index (χ3n) is 5.31. The summed E-state index contributed by atoms with van der Waals surface area (Å²) in [6, 6.07) is 3.65. The molecule has 4 rings (SSSR count). The zero-order chi connectivity index (χ0) is 21.8. The lowest BCUT2D eigenvalue weighted by atomic mass is 9.97. The molecular formula is C23H25N3O3S2. The molecule has 1 amide bonds. The lowest BCUT2D eigenvalue weighted by Gasteiger charge is -2.19. The van der Waals surface area contributed by atoms with Crippen LogP contribution in [0.25, 0.3) is 10.2 Å². The molecule has 0 N–H and O–H groups in total. The molecule has 1 aliphatic rings. The van der Waals surface area contributed by atoms with Crippen LogP contribution in [-0.2, 0) is 24.2 Å². The number of furan rings is 1. The molecule has 0 atom stereocenters. The van der Waals surface area contributed by atoms with Crippen LogP contribution in [0.5, 0.6) is 0 Å². The van der Waals surface area contributed by atoms with E-state index in [0.717, 1.165) is 41.5 Å². The monoisotopic (exact) mass is 455 g/mol. The van der Waals surface area contributed by atoms with Crippen molar-refractivity contribution in [2.75, 3.05) is 18.8 Å². The number of aromatic nitrogens is 2. The first-order valence-electron chi connectivity index (χ1n) is 10.3. The van der Waals surface area contributed by atoms with Crippen molar-refractivity contribution in [3.8, 4) is 0 Å². The Hall–Kier alpha value is -2.58. The minimum atomic E-state index is -0.0511. The van der Waals surface area contributed by atoms with Gasteiger partial charge >= 0.3 is 0 Å². The molecule has 0 bridgehead atoms. The molecule has 162 valence electrons. The number of aryl methyl sites for hydroxylation is 2. The van der Waals surface area contributed by atoms with Crippen LogP contribution >= 0.6 is 23.1 Å². The van der Waals surface area contributed by atoms with Gasteiger partial charge in [0.15, 0.2) is 5.16 Å². The fraction of sp³-hybridized carbons (Fsp3) is 0.348. The zero-order valence-electron chi connectivity index (χ0n) is 17.3. The molecule has 3 aromatic heterocycles. The molecule has 1 aliphatic carbocycles. The second kappa shape index (κ2) is 9.70. The highest BCUT2D eigenvalue weighted by atomic mass is 32.2. The van der Waals surface area contributed by atoms with Crippen LogP contribution in [0.2, 0.25) is 0 Å². The van der Waals surface area contributed by atoms with Crippen LogP contribution in [0.1, 0.15) is 29.0 Å². The summed E-state index contributed by atoms with van der Waals surface area (Å²) < 4.78 is 7.13. The molecular weight excluding hydrogens is 430 g/mol. The van der Waals surface area contributed by atoms with Crippen molar-refractivity contribution < 1.29 is 9.21 Å². The van der Waals surface area contributed by atoms with Gasteiger partial charge in [0.25, 0.3) is 5.56 Å². The largest absolute Gasteiger partial charge is 0.467 e. The Labute approximate surface area is 189 Å². The van der Waals surface area contributed by atoms with E-state index in [1.165, 1.54) is 16.6 Å². The van der Waals surface area contributed by atoms with Crippen LogP contribution in [0.15, 0.2) is 58.1 Å². The Morgan fingerprint density at radius 3 is 2.77 bits per heavy atom. The average molecular weight is 456 g/mol. The first kappa shape index (κ1) is 21.6. The summed E-state index contributed by atoms with van der Waals surface area (Å²) in [6.45, 7) is 8.63. The fourth-order valence-corrected chi connectivity index (χ4v) is 6.04. The van der Waals surface area contributed by atoms with Crippen molar-refractivity contribution in [1.29, 1.82) is 0 Å². The van der Waals surface area contributed by atoms with E-state index in [0.29, 0.717) is 30.6 Å². The Morgan fingerprint density at radius 2 is 2.06 bits per heavy atom. The molecule has 0 saturated carbocycles. The van der Waals surface area contributed by atoms with Gasteiger partial charge in [-0.05, 0) is 43.4 Å². The fourth-order valence-electron chi connectivity index (χ4n) is 3.84. The molecule has 0 saturated heterocycles. The van der Waals surface area contributed by atoms with Crippen molar-refractivity contribution in [1.82, 2.24) is 14.5 Å². The second-order valence-electron chi connectivity index (χ2n) is 7.42. The molecule has 0 aromatic carbocycles. The summed E-state index contributed by atoms with van der Waals surface area (Å²) in [6.07, 6.45) is 9.17. The second-order valence-corrected chi connectivity index (χ2v) is 9.45. The summed E-state index contributed by atoms with van der Waals surface area (Å²) in [5.74, 6) is 0.817. The average Bonchev–Trinajstić information content (AvgIpc) is 3.41. The van der Waals surface area contributed by atoms with E-state index in [9.17, 15) is 9.59 Å². The molecule has 31 heavy (non-hydrogen) atoms. The minimum absolute atomic E-state index is 0.0471. The molecule has 6 nitrogen and oxygen atoms in total. The van der Waals surface area contributed by atoms with E-state index in [4.69, 9.17) is 9.40 Å². The molecule has 0 radical (unpaired) electrons. The maximum atomic E-state index is 13.5. The van der Waals surface area contributed by atoms with E-state index in [1.807, 2.05) is 6.07 Å². The highest BCUT2D eigenvalue weighted by Gasteiger charge is 2.23. The smallest absolute Gasteiger partial charge is 0.263 e. The summed E-state index contributed by atoms with van der Waals surface area (Å²) in [5.41, 5.74) is 1.11. The van der Waals surface area contributed by atoms with Gasteiger partial charge in [-0.1, -0.05) is 23.9 Å². The summed E-state index contributed by atoms with van der Waals surface area (Å²) in [7, 11) is 0. The Morgan fingerprint density at radius 1 is 1.29 bits per heavy atom. The van der Waals surface area contributed by atoms with Crippen LogP contribution in [-0.4, -0.2) is 39.2 Å². The van der Waals surface area contributed by atoms with Gasteiger partial charge in [0.2, 0.25) is 5.91 Å². The predicted octanol–water partition coefficient (Wildman–Crippen LogP) is 4.27. The van der Waals surface area contributed by atoms with Crippen molar-refractivity contribution >= 4 is 39.2 Å². The first-order valence-corrected chi connectivity index (χ1v) is 12.1. The Bertz CT molecular complexity index is 1150. The minimum Gasteiger partial charge on any atom is -0.467 e. The van der Waals surface area contributed by atoms with Crippen molar-refractivity contribution in [2.24, 2.45) is 0 Å². The van der Waals surface area contributed by atoms with Gasteiger partial charge in [-0.15, -0.1) is 24.5 Å². The number of hydrogen-bond acceptors (Lipinski definition) is 6. The van der Waals surface area contributed by atoms with E-state index < -0.39 is 0 Å². The van der Waals surface area contributed by atoms with E-state index >= 15 is 0 Å². The van der Waals surface area contributed by atoms with Crippen molar-refractivity contribution in [3.63, 3.8) is 0 Å². The van der Waals surface area contributed by atoms with Gasteiger partial charge < -0.3 is 9.32 Å². The quantitative estimate of drug-likeness (QED) is 0.274. The van der Waals surface area contributed by atoms with Gasteiger partial charge in [0.1, 0.15) is 10.6 Å². The summed E-state index contributed by atoms with van der Waals surface area (Å²) >= 11 is 2.91. The van der Waals surface area contributed by atoms with E-state index in [1.54, 1.807) is 45.3 Å². The normalized spacial score (nSPS) is 13.2. The van der Waals surface area contributed by atoms with E-state index in [-0.39, 0.29) is 17.2 Å². The first-order chi connectivity index (χ1) is 15.1. The maximum Gasteiger partial charge on any atom is 0.263 e. The molecule has 3 heterocycles. The number of thiophene rings is 1. The van der Waals surface area contributed by atoms with Gasteiger partial charge in [-0.3, -0.25) is 14.2 Å². The lowest BCUT2D eigenvalue weighted by Crippen LogP contribution is -2.33. The number of amides is 1. The van der Waals surface area contributed by atoms with Gasteiger partial charge in [-0.2, -0.15) is 0 Å². The van der Waals surface area contributed by atoms with Crippen LogP contribution < -0.4 is 5.56 Å². The molecule has 0 aliphatic heterocycles. The Kier molecular flexibility index (Phi) is 6.77. The number of carbonyl (C=O) groups is 1. The Balaban J connectivity index is 1.70. The van der Waals surface area contributed by atoms with Crippen LogP contribution in [0.3, 0.4) is 0 Å².